The van der Waals surface area contributed by atoms with Gasteiger partial charge in [-0.1, -0.05) is 0 Å². The number of anilines is 1. The summed E-state index contributed by atoms with van der Waals surface area (Å²) >= 11 is 0. The maximum atomic E-state index is 11.5. The smallest absolute Gasteiger partial charge is 0.256 e. The zero-order valence-corrected chi connectivity index (χ0v) is 7.87. The summed E-state index contributed by atoms with van der Waals surface area (Å²) in [6.07, 6.45) is 6.98. The maximum absolute atomic E-state index is 11.5. The number of rotatable bonds is 3. The van der Waals surface area contributed by atoms with Gasteiger partial charge in [0.05, 0.1) is 6.20 Å². The fraction of sp³-hybridized carbons (Fsp3) is 0.333. The number of nitrogens with one attached hydrogen (secondary N) is 2. The van der Waals surface area contributed by atoms with E-state index < -0.39 is 0 Å². The number of nitrogen functional groups attached to an aromatic ring is 1. The number of carbonyl (C=O) groups excluding carboxylic acids is 1. The molecule has 0 fully saturated rings. The van der Waals surface area contributed by atoms with Gasteiger partial charge in [-0.2, -0.15) is 5.10 Å². The number of H-pyrrole nitrogens is 1. The fourth-order valence-electron chi connectivity index (χ4n) is 1.01. The molecule has 4 N–H and O–H groups in total. The zero-order chi connectivity index (χ0) is 10.6. The summed E-state index contributed by atoms with van der Waals surface area (Å²) in [6.45, 7) is 1.83. The molecule has 1 amide bonds. The molecule has 1 aromatic heterocycles. The average Bonchev–Trinajstić information content (AvgIpc) is 2.51. The maximum Gasteiger partial charge on any atom is 0.256 e. The largest absolute Gasteiger partial charge is 0.383 e. The van der Waals surface area contributed by atoms with Gasteiger partial charge < -0.3 is 11.1 Å². The Balaban J connectivity index is 2.60. The average molecular weight is 192 g/mol. The van der Waals surface area contributed by atoms with Gasteiger partial charge in [-0.05, 0) is 6.92 Å². The Labute approximate surface area is 82.1 Å². The van der Waals surface area contributed by atoms with Crippen LogP contribution in [0, 0.1) is 12.3 Å². The Kier molecular flexibility index (Phi) is 3.13. The van der Waals surface area contributed by atoms with E-state index in [0.29, 0.717) is 12.0 Å². The quantitative estimate of drug-likeness (QED) is 0.595. The third kappa shape index (κ3) is 2.26. The Morgan fingerprint density at radius 3 is 3.14 bits per heavy atom. The molecule has 0 aliphatic rings. The molecule has 14 heavy (non-hydrogen) atoms. The number of terminal acetylenes is 1. The summed E-state index contributed by atoms with van der Waals surface area (Å²) in [7, 11) is 0. The molecule has 0 bridgehead atoms. The van der Waals surface area contributed by atoms with Crippen LogP contribution in [-0.2, 0) is 0 Å². The summed E-state index contributed by atoms with van der Waals surface area (Å²) in [6, 6.07) is -0.0678. The molecule has 0 saturated heterocycles. The summed E-state index contributed by atoms with van der Waals surface area (Å²) in [5.74, 6) is 2.46. The van der Waals surface area contributed by atoms with Crippen LogP contribution in [0.4, 0.5) is 5.82 Å². The van der Waals surface area contributed by atoms with Crippen molar-refractivity contribution in [2.24, 2.45) is 0 Å². The standard InChI is InChI=1S/C9H12N4O/c1-3-4-6(2)12-9(14)7-5-11-13-8(7)10/h1,5-6H,4H2,2H3,(H,12,14)(H3,10,11,13). The van der Waals surface area contributed by atoms with Crippen molar-refractivity contribution in [3.05, 3.63) is 11.8 Å². The van der Waals surface area contributed by atoms with Gasteiger partial charge in [0.25, 0.3) is 5.91 Å². The van der Waals surface area contributed by atoms with Gasteiger partial charge in [-0.15, -0.1) is 12.3 Å². The Morgan fingerprint density at radius 1 is 1.93 bits per heavy atom. The van der Waals surface area contributed by atoms with Crippen LogP contribution in [0.1, 0.15) is 23.7 Å². The second kappa shape index (κ2) is 4.33. The minimum Gasteiger partial charge on any atom is -0.383 e. The molecule has 1 unspecified atom stereocenters. The van der Waals surface area contributed by atoms with E-state index >= 15 is 0 Å². The Bertz CT molecular complexity index is 363. The van der Waals surface area contributed by atoms with E-state index in [0.717, 1.165) is 0 Å². The molecule has 5 heteroatoms. The lowest BCUT2D eigenvalue weighted by atomic mass is 10.2. The SMILES string of the molecule is C#CCC(C)NC(=O)c1cn[nH]c1N. The number of amides is 1. The minimum absolute atomic E-state index is 0.0678. The molecule has 1 atom stereocenters. The Hall–Kier alpha value is -1.96. The van der Waals surface area contributed by atoms with E-state index in [1.807, 2.05) is 6.92 Å². The van der Waals surface area contributed by atoms with Gasteiger partial charge in [-0.25, -0.2) is 0 Å². The van der Waals surface area contributed by atoms with Gasteiger partial charge in [0.15, 0.2) is 0 Å². The first-order valence-corrected chi connectivity index (χ1v) is 4.18. The predicted molar refractivity (Wildman–Crippen MR) is 53.4 cm³/mol. The van der Waals surface area contributed by atoms with Crippen molar-refractivity contribution in [3.63, 3.8) is 0 Å². The number of nitrogens with two attached hydrogens (primary N) is 1. The first kappa shape index (κ1) is 10.1. The first-order chi connectivity index (χ1) is 6.65. The molecule has 0 saturated carbocycles. The number of aromatic nitrogens is 2. The van der Waals surface area contributed by atoms with E-state index in [9.17, 15) is 4.79 Å². The highest BCUT2D eigenvalue weighted by Crippen LogP contribution is 2.05. The zero-order valence-electron chi connectivity index (χ0n) is 7.87. The number of aromatic amines is 1. The van der Waals surface area contributed by atoms with Gasteiger partial charge in [0.1, 0.15) is 11.4 Å². The van der Waals surface area contributed by atoms with Crippen LogP contribution in [-0.4, -0.2) is 22.1 Å². The van der Waals surface area contributed by atoms with Gasteiger partial charge in [0, 0.05) is 12.5 Å². The van der Waals surface area contributed by atoms with Crippen LogP contribution in [0.15, 0.2) is 6.20 Å². The summed E-state index contributed by atoms with van der Waals surface area (Å²) in [4.78, 5) is 11.5. The van der Waals surface area contributed by atoms with Crippen molar-refractivity contribution in [1.82, 2.24) is 15.5 Å². The molecule has 0 aliphatic carbocycles. The monoisotopic (exact) mass is 192 g/mol. The molecule has 74 valence electrons. The predicted octanol–water partition coefficient (Wildman–Crippen LogP) is 0.133. The molecule has 0 aliphatic heterocycles. The van der Waals surface area contributed by atoms with Crippen LogP contribution in [0.3, 0.4) is 0 Å². The van der Waals surface area contributed by atoms with E-state index in [2.05, 4.69) is 21.4 Å². The van der Waals surface area contributed by atoms with Crippen molar-refractivity contribution < 1.29 is 4.79 Å². The number of hydrogen-bond acceptors (Lipinski definition) is 3. The molecule has 5 nitrogen and oxygen atoms in total. The van der Waals surface area contributed by atoms with Gasteiger partial charge in [0.2, 0.25) is 0 Å². The lowest BCUT2D eigenvalue weighted by Gasteiger charge is -2.09. The molecule has 1 heterocycles. The van der Waals surface area contributed by atoms with Crippen LogP contribution < -0.4 is 11.1 Å². The van der Waals surface area contributed by atoms with Crippen LogP contribution in [0.25, 0.3) is 0 Å². The molecule has 0 aromatic carbocycles. The lowest BCUT2D eigenvalue weighted by molar-refractivity contribution is 0.0942. The van der Waals surface area contributed by atoms with E-state index in [1.54, 1.807) is 0 Å². The number of hydrogen-bond donors (Lipinski definition) is 3. The molecule has 0 radical (unpaired) electrons. The van der Waals surface area contributed by atoms with Crippen LogP contribution in [0.2, 0.25) is 0 Å². The van der Waals surface area contributed by atoms with Crippen molar-refractivity contribution in [3.8, 4) is 12.3 Å². The second-order valence-corrected chi connectivity index (χ2v) is 2.98. The second-order valence-electron chi connectivity index (χ2n) is 2.98. The van der Waals surface area contributed by atoms with E-state index in [1.165, 1.54) is 6.20 Å². The highest BCUT2D eigenvalue weighted by molar-refractivity contribution is 5.98. The van der Waals surface area contributed by atoms with Gasteiger partial charge >= 0.3 is 0 Å². The normalized spacial score (nSPS) is 11.7. The van der Waals surface area contributed by atoms with Crippen molar-refractivity contribution in [1.29, 1.82) is 0 Å². The topological polar surface area (TPSA) is 83.8 Å². The van der Waals surface area contributed by atoms with E-state index in [-0.39, 0.29) is 17.8 Å². The van der Waals surface area contributed by atoms with Crippen LogP contribution >= 0.6 is 0 Å². The van der Waals surface area contributed by atoms with Gasteiger partial charge in [-0.3, -0.25) is 9.89 Å². The third-order valence-corrected chi connectivity index (χ3v) is 1.71. The molecular formula is C9H12N4O. The van der Waals surface area contributed by atoms with Crippen molar-refractivity contribution in [2.45, 2.75) is 19.4 Å². The highest BCUT2D eigenvalue weighted by atomic mass is 16.1. The molecule has 0 spiro atoms. The number of carbonyl (C=O) groups is 1. The lowest BCUT2D eigenvalue weighted by Crippen LogP contribution is -2.32. The first-order valence-electron chi connectivity index (χ1n) is 4.18. The highest BCUT2D eigenvalue weighted by Gasteiger charge is 2.13. The summed E-state index contributed by atoms with van der Waals surface area (Å²) < 4.78 is 0. The number of nitrogens with zero attached hydrogens (tertiary/aromatic N) is 1. The Morgan fingerprint density at radius 2 is 2.64 bits per heavy atom. The van der Waals surface area contributed by atoms with Crippen molar-refractivity contribution >= 4 is 11.7 Å². The van der Waals surface area contributed by atoms with Crippen molar-refractivity contribution in [2.75, 3.05) is 5.73 Å². The molecule has 1 rings (SSSR count). The molecule has 1 aromatic rings. The fourth-order valence-corrected chi connectivity index (χ4v) is 1.01. The van der Waals surface area contributed by atoms with Crippen LogP contribution in [0.5, 0.6) is 0 Å². The van der Waals surface area contributed by atoms with E-state index in [4.69, 9.17) is 12.2 Å². The summed E-state index contributed by atoms with van der Waals surface area (Å²) in [5.41, 5.74) is 5.81. The minimum atomic E-state index is -0.265. The summed E-state index contributed by atoms with van der Waals surface area (Å²) in [5, 5.41) is 8.83. The molecular weight excluding hydrogens is 180 g/mol. The third-order valence-electron chi connectivity index (χ3n) is 1.71.